The van der Waals surface area contributed by atoms with Crippen LogP contribution in [0.1, 0.15) is 22.5 Å². The number of hydrogen-bond acceptors (Lipinski definition) is 5. The van der Waals surface area contributed by atoms with Gasteiger partial charge in [0.15, 0.2) is 6.10 Å². The number of aromatic nitrogens is 1. The summed E-state index contributed by atoms with van der Waals surface area (Å²) in [7, 11) is 0. The average Bonchev–Trinajstić information content (AvgIpc) is 2.76. The van der Waals surface area contributed by atoms with Crippen molar-refractivity contribution in [3.05, 3.63) is 44.3 Å². The third kappa shape index (κ3) is 4.54. The van der Waals surface area contributed by atoms with Crippen molar-refractivity contribution in [2.75, 3.05) is 0 Å². The van der Waals surface area contributed by atoms with Crippen molar-refractivity contribution in [2.24, 2.45) is 0 Å². The van der Waals surface area contributed by atoms with Crippen LogP contribution in [0, 0.1) is 13.8 Å². The maximum Gasteiger partial charge on any atom is 0.347 e. The van der Waals surface area contributed by atoms with E-state index in [1.165, 1.54) is 11.3 Å². The molecule has 0 bridgehead atoms. The number of carbonyl (C=O) groups excluding carboxylic acids is 1. The van der Waals surface area contributed by atoms with E-state index in [0.717, 1.165) is 20.1 Å². The van der Waals surface area contributed by atoms with Gasteiger partial charge in [0.1, 0.15) is 12.4 Å². The Morgan fingerprint density at radius 1 is 1.33 bits per heavy atom. The van der Waals surface area contributed by atoms with Gasteiger partial charge in [0, 0.05) is 4.47 Å². The smallest absolute Gasteiger partial charge is 0.347 e. The average molecular weight is 370 g/mol. The fourth-order valence-corrected chi connectivity index (χ4v) is 2.84. The molecule has 6 heteroatoms. The molecule has 1 unspecified atom stereocenters. The number of halogens is 1. The quantitative estimate of drug-likeness (QED) is 0.746. The van der Waals surface area contributed by atoms with Crippen molar-refractivity contribution in [3.63, 3.8) is 0 Å². The largest absolute Gasteiger partial charge is 0.479 e. The van der Waals surface area contributed by atoms with Gasteiger partial charge in [0.05, 0.1) is 15.6 Å². The summed E-state index contributed by atoms with van der Waals surface area (Å²) in [6, 6.07) is 7.31. The predicted octanol–water partition coefficient (Wildman–Crippen LogP) is 4.03. The molecule has 0 aliphatic rings. The molecular formula is C15H16BrNO3S. The Hall–Kier alpha value is -1.40. The van der Waals surface area contributed by atoms with Crippen LogP contribution in [0.25, 0.3) is 0 Å². The molecule has 2 rings (SSSR count). The minimum Gasteiger partial charge on any atom is -0.479 e. The topological polar surface area (TPSA) is 48.4 Å². The Morgan fingerprint density at radius 2 is 2.00 bits per heavy atom. The Kier molecular flexibility index (Phi) is 5.36. The fraction of sp³-hybridized carbons (Fsp3) is 0.333. The van der Waals surface area contributed by atoms with Gasteiger partial charge in [0.25, 0.3) is 0 Å². The van der Waals surface area contributed by atoms with Crippen LogP contribution in [0.3, 0.4) is 0 Å². The number of thiazole rings is 1. The van der Waals surface area contributed by atoms with E-state index in [4.69, 9.17) is 9.47 Å². The van der Waals surface area contributed by atoms with Gasteiger partial charge < -0.3 is 9.47 Å². The molecule has 0 aliphatic carbocycles. The highest BCUT2D eigenvalue weighted by Gasteiger charge is 2.17. The first kappa shape index (κ1) is 16.0. The van der Waals surface area contributed by atoms with Gasteiger partial charge >= 0.3 is 5.97 Å². The lowest BCUT2D eigenvalue weighted by Crippen LogP contribution is -2.25. The van der Waals surface area contributed by atoms with Gasteiger partial charge in [-0.3, -0.25) is 0 Å². The lowest BCUT2D eigenvalue weighted by atomic mass is 10.3. The SMILES string of the molecule is Cc1nc(C)c(COC(=O)C(C)Oc2ccc(Br)cc2)s1. The molecule has 0 fully saturated rings. The van der Waals surface area contributed by atoms with Crippen LogP contribution >= 0.6 is 27.3 Å². The van der Waals surface area contributed by atoms with Crippen molar-refractivity contribution in [2.45, 2.75) is 33.5 Å². The number of nitrogens with zero attached hydrogens (tertiary/aromatic N) is 1. The molecule has 112 valence electrons. The summed E-state index contributed by atoms with van der Waals surface area (Å²) in [6.45, 7) is 5.76. The molecule has 0 saturated carbocycles. The first-order chi connectivity index (χ1) is 9.95. The van der Waals surface area contributed by atoms with Gasteiger partial charge in [-0.05, 0) is 45.0 Å². The zero-order valence-corrected chi connectivity index (χ0v) is 14.5. The number of hydrogen-bond donors (Lipinski definition) is 0. The molecule has 4 nitrogen and oxygen atoms in total. The molecule has 0 radical (unpaired) electrons. The van der Waals surface area contributed by atoms with E-state index in [1.807, 2.05) is 26.0 Å². The minimum absolute atomic E-state index is 0.240. The van der Waals surface area contributed by atoms with Crippen molar-refractivity contribution in [3.8, 4) is 5.75 Å². The van der Waals surface area contributed by atoms with E-state index in [1.54, 1.807) is 19.1 Å². The van der Waals surface area contributed by atoms with Gasteiger partial charge in [-0.15, -0.1) is 11.3 Å². The molecule has 0 N–H and O–H groups in total. The molecule has 0 saturated heterocycles. The highest BCUT2D eigenvalue weighted by molar-refractivity contribution is 9.10. The normalized spacial score (nSPS) is 12.0. The Balaban J connectivity index is 1.87. The van der Waals surface area contributed by atoms with Crippen LogP contribution in [-0.4, -0.2) is 17.1 Å². The second-order valence-electron chi connectivity index (χ2n) is 4.56. The Labute approximate surface area is 136 Å². The summed E-state index contributed by atoms with van der Waals surface area (Å²) in [5.41, 5.74) is 0.909. The van der Waals surface area contributed by atoms with E-state index in [0.29, 0.717) is 5.75 Å². The lowest BCUT2D eigenvalue weighted by molar-refractivity contribution is -0.152. The molecule has 0 aliphatic heterocycles. The molecule has 0 spiro atoms. The van der Waals surface area contributed by atoms with Gasteiger partial charge in [-0.2, -0.15) is 0 Å². The summed E-state index contributed by atoms with van der Waals surface area (Å²) in [4.78, 5) is 17.2. The van der Waals surface area contributed by atoms with Crippen molar-refractivity contribution < 1.29 is 14.3 Å². The minimum atomic E-state index is -0.652. The van der Waals surface area contributed by atoms with E-state index >= 15 is 0 Å². The zero-order chi connectivity index (χ0) is 15.4. The standard InChI is InChI=1S/C15H16BrNO3S/c1-9-14(21-11(3)17-9)8-19-15(18)10(2)20-13-6-4-12(16)5-7-13/h4-7,10H,8H2,1-3H3. The van der Waals surface area contributed by atoms with Gasteiger partial charge in [0.2, 0.25) is 0 Å². The van der Waals surface area contributed by atoms with Gasteiger partial charge in [-0.25, -0.2) is 9.78 Å². The van der Waals surface area contributed by atoms with E-state index < -0.39 is 6.10 Å². The van der Waals surface area contributed by atoms with Crippen LogP contribution in [0.15, 0.2) is 28.7 Å². The monoisotopic (exact) mass is 369 g/mol. The van der Waals surface area contributed by atoms with Crippen LogP contribution in [0.4, 0.5) is 0 Å². The van der Waals surface area contributed by atoms with Crippen molar-refractivity contribution >= 4 is 33.2 Å². The maximum atomic E-state index is 11.9. The van der Waals surface area contributed by atoms with Crippen LogP contribution in [-0.2, 0) is 16.1 Å². The van der Waals surface area contributed by atoms with E-state index in [-0.39, 0.29) is 12.6 Å². The molecule has 1 aromatic carbocycles. The molecule has 2 aromatic rings. The Morgan fingerprint density at radius 3 is 2.57 bits per heavy atom. The summed E-state index contributed by atoms with van der Waals surface area (Å²) < 4.78 is 11.8. The summed E-state index contributed by atoms with van der Waals surface area (Å²) >= 11 is 4.89. The first-order valence-corrected chi connectivity index (χ1v) is 8.08. The summed E-state index contributed by atoms with van der Waals surface area (Å²) in [5.74, 6) is 0.246. The second-order valence-corrected chi connectivity index (χ2v) is 6.77. The maximum absolute atomic E-state index is 11.9. The number of aryl methyl sites for hydroxylation is 2. The molecular weight excluding hydrogens is 354 g/mol. The molecule has 1 heterocycles. The number of benzene rings is 1. The first-order valence-electron chi connectivity index (χ1n) is 6.47. The lowest BCUT2D eigenvalue weighted by Gasteiger charge is -2.13. The number of ether oxygens (including phenoxy) is 2. The predicted molar refractivity (Wildman–Crippen MR) is 85.6 cm³/mol. The van der Waals surface area contributed by atoms with E-state index in [2.05, 4.69) is 20.9 Å². The highest BCUT2D eigenvalue weighted by atomic mass is 79.9. The van der Waals surface area contributed by atoms with Crippen LogP contribution in [0.2, 0.25) is 0 Å². The zero-order valence-electron chi connectivity index (χ0n) is 12.1. The summed E-state index contributed by atoms with van der Waals surface area (Å²) in [6.07, 6.45) is -0.652. The van der Waals surface area contributed by atoms with Crippen LogP contribution < -0.4 is 4.74 Å². The summed E-state index contributed by atoms with van der Waals surface area (Å²) in [5, 5.41) is 0.970. The second kappa shape index (κ2) is 7.04. The Bertz CT molecular complexity index is 624. The molecule has 21 heavy (non-hydrogen) atoms. The molecule has 1 atom stereocenters. The fourth-order valence-electron chi connectivity index (χ4n) is 1.73. The number of carbonyl (C=O) groups is 1. The third-order valence-electron chi connectivity index (χ3n) is 2.80. The number of rotatable bonds is 5. The number of esters is 1. The van der Waals surface area contributed by atoms with Crippen LogP contribution in [0.5, 0.6) is 5.75 Å². The molecule has 1 aromatic heterocycles. The highest BCUT2D eigenvalue weighted by Crippen LogP contribution is 2.20. The molecule has 0 amide bonds. The van der Waals surface area contributed by atoms with Crippen molar-refractivity contribution in [1.82, 2.24) is 4.98 Å². The van der Waals surface area contributed by atoms with E-state index in [9.17, 15) is 4.79 Å². The van der Waals surface area contributed by atoms with Crippen molar-refractivity contribution in [1.29, 1.82) is 0 Å². The van der Waals surface area contributed by atoms with Gasteiger partial charge in [-0.1, -0.05) is 15.9 Å². The third-order valence-corrected chi connectivity index (χ3v) is 4.38.